The Bertz CT molecular complexity index is 587. The van der Waals surface area contributed by atoms with Gasteiger partial charge in [-0.05, 0) is 31.2 Å². The van der Waals surface area contributed by atoms with Crippen LogP contribution in [0.5, 0.6) is 0 Å². The SMILES string of the molecule is C[C@@H](NC(=O)Cn1cc(-c2ccccc2)cn1)C1CC1. The summed E-state index contributed by atoms with van der Waals surface area (Å²) >= 11 is 0. The molecule has 1 fully saturated rings. The number of amides is 1. The van der Waals surface area contributed by atoms with E-state index in [9.17, 15) is 4.79 Å². The van der Waals surface area contributed by atoms with Crippen molar-refractivity contribution in [1.82, 2.24) is 15.1 Å². The third-order valence-corrected chi connectivity index (χ3v) is 3.76. The smallest absolute Gasteiger partial charge is 0.241 e. The van der Waals surface area contributed by atoms with E-state index in [2.05, 4.69) is 17.3 Å². The highest BCUT2D eigenvalue weighted by Gasteiger charge is 2.28. The first-order chi connectivity index (χ1) is 9.72. The van der Waals surface area contributed by atoms with Crippen molar-refractivity contribution in [1.29, 1.82) is 0 Å². The first kappa shape index (κ1) is 12.9. The largest absolute Gasteiger partial charge is 0.352 e. The molecular weight excluding hydrogens is 250 g/mol. The molecule has 2 aromatic rings. The van der Waals surface area contributed by atoms with E-state index in [0.29, 0.717) is 5.92 Å². The predicted molar refractivity (Wildman–Crippen MR) is 78.0 cm³/mol. The Morgan fingerprint density at radius 3 is 2.80 bits per heavy atom. The Morgan fingerprint density at radius 1 is 1.35 bits per heavy atom. The standard InChI is InChI=1S/C16H19N3O/c1-12(13-7-8-13)18-16(20)11-19-10-15(9-17-19)14-5-3-2-4-6-14/h2-6,9-10,12-13H,7-8,11H2,1H3,(H,18,20)/t12-/m1/s1. The topological polar surface area (TPSA) is 46.9 Å². The van der Waals surface area contributed by atoms with Gasteiger partial charge in [0.05, 0.1) is 6.20 Å². The number of aromatic nitrogens is 2. The Balaban J connectivity index is 1.61. The lowest BCUT2D eigenvalue weighted by Crippen LogP contribution is -2.36. The quantitative estimate of drug-likeness (QED) is 0.906. The van der Waals surface area contributed by atoms with E-state index in [0.717, 1.165) is 11.1 Å². The highest BCUT2D eigenvalue weighted by Crippen LogP contribution is 2.32. The van der Waals surface area contributed by atoms with Crippen molar-refractivity contribution < 1.29 is 4.79 Å². The molecule has 1 aliphatic rings. The van der Waals surface area contributed by atoms with E-state index in [4.69, 9.17) is 0 Å². The average Bonchev–Trinajstić information content (AvgIpc) is 3.21. The lowest BCUT2D eigenvalue weighted by Gasteiger charge is -2.12. The number of carbonyl (C=O) groups excluding carboxylic acids is 1. The molecule has 1 aromatic carbocycles. The summed E-state index contributed by atoms with van der Waals surface area (Å²) in [5.74, 6) is 0.712. The van der Waals surface area contributed by atoms with Crippen LogP contribution in [-0.4, -0.2) is 21.7 Å². The van der Waals surface area contributed by atoms with E-state index in [1.54, 1.807) is 10.9 Å². The highest BCUT2D eigenvalue weighted by atomic mass is 16.2. The zero-order chi connectivity index (χ0) is 13.9. The third kappa shape index (κ3) is 3.07. The summed E-state index contributed by atoms with van der Waals surface area (Å²) < 4.78 is 1.69. The molecule has 4 nitrogen and oxygen atoms in total. The Morgan fingerprint density at radius 2 is 2.10 bits per heavy atom. The lowest BCUT2D eigenvalue weighted by molar-refractivity contribution is -0.122. The zero-order valence-corrected chi connectivity index (χ0v) is 11.6. The summed E-state index contributed by atoms with van der Waals surface area (Å²) in [6.45, 7) is 2.36. The second kappa shape index (κ2) is 5.49. The Kier molecular flexibility index (Phi) is 3.54. The van der Waals surface area contributed by atoms with Gasteiger partial charge in [0.2, 0.25) is 5.91 Å². The molecule has 4 heteroatoms. The van der Waals surface area contributed by atoms with Crippen molar-refractivity contribution in [3.8, 4) is 11.1 Å². The zero-order valence-electron chi connectivity index (χ0n) is 11.6. The van der Waals surface area contributed by atoms with Gasteiger partial charge in [-0.2, -0.15) is 5.10 Å². The summed E-state index contributed by atoms with van der Waals surface area (Å²) in [4.78, 5) is 11.9. The van der Waals surface area contributed by atoms with E-state index in [-0.39, 0.29) is 18.5 Å². The summed E-state index contributed by atoms with van der Waals surface area (Å²) in [5.41, 5.74) is 2.15. The van der Waals surface area contributed by atoms with Crippen molar-refractivity contribution in [3.05, 3.63) is 42.7 Å². The van der Waals surface area contributed by atoms with E-state index in [1.165, 1.54) is 12.8 Å². The molecule has 1 N–H and O–H groups in total. The van der Waals surface area contributed by atoms with Gasteiger partial charge >= 0.3 is 0 Å². The molecule has 1 saturated carbocycles. The predicted octanol–water partition coefficient (Wildman–Crippen LogP) is 2.46. The van der Waals surface area contributed by atoms with E-state index in [1.807, 2.05) is 36.5 Å². The molecular formula is C16H19N3O. The minimum atomic E-state index is 0.0344. The Hall–Kier alpha value is -2.10. The van der Waals surface area contributed by atoms with Gasteiger partial charge in [0.1, 0.15) is 6.54 Å². The second-order valence-electron chi connectivity index (χ2n) is 5.49. The van der Waals surface area contributed by atoms with E-state index < -0.39 is 0 Å². The molecule has 1 aliphatic carbocycles. The molecule has 20 heavy (non-hydrogen) atoms. The maximum Gasteiger partial charge on any atom is 0.241 e. The number of benzene rings is 1. The van der Waals surface area contributed by atoms with Gasteiger partial charge in [-0.25, -0.2) is 0 Å². The summed E-state index contributed by atoms with van der Waals surface area (Å²) in [7, 11) is 0. The average molecular weight is 269 g/mol. The van der Waals surface area contributed by atoms with Crippen LogP contribution in [0.3, 0.4) is 0 Å². The van der Waals surface area contributed by atoms with Crippen LogP contribution in [0.4, 0.5) is 0 Å². The van der Waals surface area contributed by atoms with Crippen molar-refractivity contribution in [2.24, 2.45) is 5.92 Å². The van der Waals surface area contributed by atoms with Gasteiger partial charge in [0.15, 0.2) is 0 Å². The molecule has 0 aliphatic heterocycles. The monoisotopic (exact) mass is 269 g/mol. The number of rotatable bonds is 5. The van der Waals surface area contributed by atoms with Gasteiger partial charge in [-0.3, -0.25) is 9.48 Å². The minimum absolute atomic E-state index is 0.0344. The first-order valence-electron chi connectivity index (χ1n) is 7.09. The van der Waals surface area contributed by atoms with Gasteiger partial charge in [0.25, 0.3) is 0 Å². The molecule has 0 spiro atoms. The third-order valence-electron chi connectivity index (χ3n) is 3.76. The van der Waals surface area contributed by atoms with Crippen molar-refractivity contribution >= 4 is 5.91 Å². The molecule has 0 bridgehead atoms. The fourth-order valence-corrected chi connectivity index (χ4v) is 2.39. The maximum atomic E-state index is 11.9. The van der Waals surface area contributed by atoms with Crippen LogP contribution in [0.15, 0.2) is 42.7 Å². The molecule has 104 valence electrons. The normalized spacial score (nSPS) is 15.8. The fourth-order valence-electron chi connectivity index (χ4n) is 2.39. The molecule has 0 radical (unpaired) electrons. The Labute approximate surface area is 118 Å². The molecule has 3 rings (SSSR count). The van der Waals surface area contributed by atoms with Gasteiger partial charge in [0, 0.05) is 17.8 Å². The number of nitrogens with zero attached hydrogens (tertiary/aromatic N) is 2. The fraction of sp³-hybridized carbons (Fsp3) is 0.375. The van der Waals surface area contributed by atoms with Crippen LogP contribution >= 0.6 is 0 Å². The molecule has 1 heterocycles. The summed E-state index contributed by atoms with van der Waals surface area (Å²) in [6, 6.07) is 10.3. The second-order valence-corrected chi connectivity index (χ2v) is 5.49. The van der Waals surface area contributed by atoms with Crippen LogP contribution in [0.25, 0.3) is 11.1 Å². The highest BCUT2D eigenvalue weighted by molar-refractivity contribution is 5.76. The number of nitrogens with one attached hydrogen (secondary N) is 1. The first-order valence-corrected chi connectivity index (χ1v) is 7.09. The molecule has 1 atom stereocenters. The maximum absolute atomic E-state index is 11.9. The van der Waals surface area contributed by atoms with Gasteiger partial charge < -0.3 is 5.32 Å². The van der Waals surface area contributed by atoms with Crippen LogP contribution in [0, 0.1) is 5.92 Å². The molecule has 1 amide bonds. The van der Waals surface area contributed by atoms with Gasteiger partial charge in [-0.1, -0.05) is 30.3 Å². The number of hydrogen-bond donors (Lipinski definition) is 1. The van der Waals surface area contributed by atoms with Crippen LogP contribution in [0.2, 0.25) is 0 Å². The summed E-state index contributed by atoms with van der Waals surface area (Å²) in [5, 5.41) is 7.30. The van der Waals surface area contributed by atoms with Gasteiger partial charge in [-0.15, -0.1) is 0 Å². The number of hydrogen-bond acceptors (Lipinski definition) is 2. The number of carbonyl (C=O) groups is 1. The lowest BCUT2D eigenvalue weighted by atomic mass is 10.1. The van der Waals surface area contributed by atoms with Crippen LogP contribution in [-0.2, 0) is 11.3 Å². The summed E-state index contributed by atoms with van der Waals surface area (Å²) in [6.07, 6.45) is 6.19. The molecule has 0 unspecified atom stereocenters. The van der Waals surface area contributed by atoms with Crippen LogP contribution < -0.4 is 5.32 Å². The van der Waals surface area contributed by atoms with Crippen LogP contribution in [0.1, 0.15) is 19.8 Å². The van der Waals surface area contributed by atoms with Crippen molar-refractivity contribution in [3.63, 3.8) is 0 Å². The van der Waals surface area contributed by atoms with Crippen molar-refractivity contribution in [2.45, 2.75) is 32.4 Å². The minimum Gasteiger partial charge on any atom is -0.352 e. The van der Waals surface area contributed by atoms with Crippen molar-refractivity contribution in [2.75, 3.05) is 0 Å². The molecule has 1 aromatic heterocycles. The molecule has 0 saturated heterocycles. The van der Waals surface area contributed by atoms with E-state index >= 15 is 0 Å².